The summed E-state index contributed by atoms with van der Waals surface area (Å²) in [4.78, 5) is 4.32. The topological polar surface area (TPSA) is 52.6 Å². The quantitative estimate of drug-likeness (QED) is 0.739. The van der Waals surface area contributed by atoms with Gasteiger partial charge in [-0.3, -0.25) is 4.98 Å². The average molecular weight is 380 g/mol. The lowest BCUT2D eigenvalue weighted by atomic mass is 9.77. The highest BCUT2D eigenvalue weighted by Gasteiger charge is 2.52. The van der Waals surface area contributed by atoms with E-state index in [0.717, 1.165) is 22.3 Å². The van der Waals surface area contributed by atoms with Gasteiger partial charge in [-0.2, -0.15) is 0 Å². The molecule has 0 amide bonds. The van der Waals surface area contributed by atoms with Crippen LogP contribution in [0.3, 0.4) is 0 Å². The maximum Gasteiger partial charge on any atom is 0.491 e. The Labute approximate surface area is 168 Å². The van der Waals surface area contributed by atoms with Crippen LogP contribution in [0.15, 0.2) is 54.3 Å². The van der Waals surface area contributed by atoms with Crippen molar-refractivity contribution in [2.45, 2.75) is 45.5 Å². The summed E-state index contributed by atoms with van der Waals surface area (Å²) in [6.45, 7) is 9.41. The van der Waals surface area contributed by atoms with Crippen LogP contribution in [0.25, 0.3) is 6.08 Å². The Morgan fingerprint density at radius 3 is 2.43 bits per heavy atom. The molecule has 0 radical (unpaired) electrons. The molecule has 1 aromatic heterocycles. The zero-order chi connectivity index (χ0) is 20.2. The molecule has 1 fully saturated rings. The summed E-state index contributed by atoms with van der Waals surface area (Å²) in [5, 5.41) is 3.20. The van der Waals surface area contributed by atoms with E-state index in [1.165, 1.54) is 0 Å². The number of benzene rings is 1. The third-order valence-corrected chi connectivity index (χ3v) is 5.27. The van der Waals surface area contributed by atoms with Crippen molar-refractivity contribution in [3.63, 3.8) is 0 Å². The molecule has 0 saturated carbocycles. The second-order valence-electron chi connectivity index (χ2n) is 8.07. The summed E-state index contributed by atoms with van der Waals surface area (Å²) >= 11 is 0. The van der Waals surface area contributed by atoms with Crippen molar-refractivity contribution in [1.82, 2.24) is 10.3 Å². The summed E-state index contributed by atoms with van der Waals surface area (Å²) in [5.41, 5.74) is 2.34. The molecule has 1 N–H and O–H groups in total. The van der Waals surface area contributed by atoms with Crippen molar-refractivity contribution in [2.75, 3.05) is 13.6 Å². The number of pyridine rings is 1. The first kappa shape index (κ1) is 20.6. The molecular formula is C22H29BN2O3. The number of hydrogen-bond acceptors (Lipinski definition) is 5. The van der Waals surface area contributed by atoms with Crippen LogP contribution in [-0.4, -0.2) is 36.9 Å². The molecule has 1 saturated heterocycles. The number of ether oxygens (including phenoxy) is 1. The summed E-state index contributed by atoms with van der Waals surface area (Å²) in [6.07, 6.45) is 5.60. The Balaban J connectivity index is 1.76. The Morgan fingerprint density at radius 2 is 1.79 bits per heavy atom. The van der Waals surface area contributed by atoms with Crippen LogP contribution in [0.1, 0.15) is 38.8 Å². The minimum atomic E-state index is -0.397. The minimum absolute atomic E-state index is 0.372. The fourth-order valence-electron chi connectivity index (χ4n) is 2.95. The van der Waals surface area contributed by atoms with Gasteiger partial charge in [0, 0.05) is 12.7 Å². The summed E-state index contributed by atoms with van der Waals surface area (Å²) < 4.78 is 18.3. The summed E-state index contributed by atoms with van der Waals surface area (Å²) in [5.74, 6) is 0.732. The molecule has 1 aromatic carbocycles. The van der Waals surface area contributed by atoms with Gasteiger partial charge in [0.2, 0.25) is 0 Å². The molecule has 0 aliphatic carbocycles. The smallest absolute Gasteiger partial charge is 0.487 e. The number of likely N-dealkylation sites (N-methyl/N-ethyl adjacent to an activating group) is 1. The maximum absolute atomic E-state index is 6.20. The zero-order valence-electron chi connectivity index (χ0n) is 17.4. The molecule has 2 aromatic rings. The van der Waals surface area contributed by atoms with E-state index < -0.39 is 7.12 Å². The second kappa shape index (κ2) is 8.47. The van der Waals surface area contributed by atoms with Crippen LogP contribution < -0.4 is 10.1 Å². The lowest BCUT2D eigenvalue weighted by molar-refractivity contribution is 0.00578. The average Bonchev–Trinajstić information content (AvgIpc) is 2.88. The standard InChI is InChI=1S/C22H29BN2O3/c1-21(2)22(3,4)28-23(27-21)19(14-24-5)11-18-12-20(15-25-13-18)26-16-17-9-7-6-8-10-17/h6-13,15,24H,14,16H2,1-5H3. The first-order valence-corrected chi connectivity index (χ1v) is 9.63. The normalized spacial score (nSPS) is 18.3. The SMILES string of the molecule is CNCC(=Cc1cncc(OCc2ccccc2)c1)B1OC(C)(C)C(C)(C)O1. The molecule has 148 valence electrons. The molecular weight excluding hydrogens is 351 g/mol. The van der Waals surface area contributed by atoms with Crippen LogP contribution in [-0.2, 0) is 15.9 Å². The van der Waals surface area contributed by atoms with E-state index in [-0.39, 0.29) is 11.2 Å². The monoisotopic (exact) mass is 380 g/mol. The van der Waals surface area contributed by atoms with E-state index >= 15 is 0 Å². The van der Waals surface area contributed by atoms with Crippen LogP contribution in [0.2, 0.25) is 0 Å². The summed E-state index contributed by atoms with van der Waals surface area (Å²) in [7, 11) is 1.52. The van der Waals surface area contributed by atoms with Crippen molar-refractivity contribution >= 4 is 13.2 Å². The van der Waals surface area contributed by atoms with Gasteiger partial charge in [-0.15, -0.1) is 0 Å². The highest BCUT2D eigenvalue weighted by molar-refractivity contribution is 6.55. The molecule has 1 aliphatic rings. The molecule has 2 heterocycles. The van der Waals surface area contributed by atoms with E-state index in [0.29, 0.717) is 13.2 Å². The molecule has 0 spiro atoms. The van der Waals surface area contributed by atoms with Crippen molar-refractivity contribution in [1.29, 1.82) is 0 Å². The van der Waals surface area contributed by atoms with Gasteiger partial charge in [0.05, 0.1) is 17.4 Å². The summed E-state index contributed by atoms with van der Waals surface area (Å²) in [6, 6.07) is 12.1. The lowest BCUT2D eigenvalue weighted by Gasteiger charge is -2.32. The van der Waals surface area contributed by atoms with E-state index in [9.17, 15) is 0 Å². The molecule has 0 unspecified atom stereocenters. The van der Waals surface area contributed by atoms with E-state index in [1.54, 1.807) is 6.20 Å². The van der Waals surface area contributed by atoms with E-state index in [4.69, 9.17) is 14.0 Å². The molecule has 0 bridgehead atoms. The van der Waals surface area contributed by atoms with E-state index in [1.807, 2.05) is 49.6 Å². The van der Waals surface area contributed by atoms with Gasteiger partial charge < -0.3 is 19.4 Å². The predicted molar refractivity (Wildman–Crippen MR) is 113 cm³/mol. The Morgan fingerprint density at radius 1 is 1.11 bits per heavy atom. The van der Waals surface area contributed by atoms with Gasteiger partial charge in [0.1, 0.15) is 12.4 Å². The van der Waals surface area contributed by atoms with Gasteiger partial charge in [0.25, 0.3) is 0 Å². The van der Waals surface area contributed by atoms with E-state index in [2.05, 4.69) is 44.1 Å². The first-order valence-electron chi connectivity index (χ1n) is 9.63. The maximum atomic E-state index is 6.20. The largest absolute Gasteiger partial charge is 0.491 e. The highest BCUT2D eigenvalue weighted by atomic mass is 16.7. The van der Waals surface area contributed by atoms with Crippen LogP contribution in [0, 0.1) is 0 Å². The number of aromatic nitrogens is 1. The molecule has 3 rings (SSSR count). The van der Waals surface area contributed by atoms with Gasteiger partial charge in [-0.25, -0.2) is 0 Å². The molecule has 6 heteroatoms. The fraction of sp³-hybridized carbons (Fsp3) is 0.409. The van der Waals surface area contributed by atoms with Gasteiger partial charge >= 0.3 is 7.12 Å². The number of nitrogens with zero attached hydrogens (tertiary/aromatic N) is 1. The molecule has 28 heavy (non-hydrogen) atoms. The zero-order valence-corrected chi connectivity index (χ0v) is 17.4. The number of hydrogen-bond donors (Lipinski definition) is 1. The van der Waals surface area contributed by atoms with Gasteiger partial charge in [-0.1, -0.05) is 36.4 Å². The Hall–Kier alpha value is -2.15. The number of nitrogens with one attached hydrogen (secondary N) is 1. The van der Waals surface area contributed by atoms with Crippen LogP contribution in [0.4, 0.5) is 0 Å². The molecule has 0 atom stereocenters. The highest BCUT2D eigenvalue weighted by Crippen LogP contribution is 2.38. The van der Waals surface area contributed by atoms with Crippen molar-refractivity contribution in [3.8, 4) is 5.75 Å². The Kier molecular flexibility index (Phi) is 6.23. The van der Waals surface area contributed by atoms with Crippen LogP contribution in [0.5, 0.6) is 5.75 Å². The van der Waals surface area contributed by atoms with Crippen LogP contribution >= 0.6 is 0 Å². The Bertz CT molecular complexity index is 806. The molecule has 5 nitrogen and oxygen atoms in total. The number of rotatable bonds is 7. The van der Waals surface area contributed by atoms with Gasteiger partial charge in [-0.05, 0) is 57.4 Å². The first-order chi connectivity index (χ1) is 13.3. The lowest BCUT2D eigenvalue weighted by Crippen LogP contribution is -2.41. The molecule has 1 aliphatic heterocycles. The van der Waals surface area contributed by atoms with Gasteiger partial charge in [0.15, 0.2) is 0 Å². The predicted octanol–water partition coefficient (Wildman–Crippen LogP) is 3.89. The fourth-order valence-corrected chi connectivity index (χ4v) is 2.95. The second-order valence-corrected chi connectivity index (χ2v) is 8.07. The third kappa shape index (κ3) is 4.82. The van der Waals surface area contributed by atoms with Crippen molar-refractivity contribution in [2.24, 2.45) is 0 Å². The van der Waals surface area contributed by atoms with Crippen molar-refractivity contribution < 1.29 is 14.0 Å². The minimum Gasteiger partial charge on any atom is -0.487 e. The van der Waals surface area contributed by atoms with Crippen molar-refractivity contribution in [3.05, 3.63) is 65.4 Å². The third-order valence-electron chi connectivity index (χ3n) is 5.27.